The van der Waals surface area contributed by atoms with Gasteiger partial charge >= 0.3 is 0 Å². The van der Waals surface area contributed by atoms with Gasteiger partial charge in [0.15, 0.2) is 5.96 Å². The minimum atomic E-state index is -0.200. The van der Waals surface area contributed by atoms with Crippen LogP contribution in [0, 0.1) is 11.7 Å². The van der Waals surface area contributed by atoms with Crippen LogP contribution >= 0.6 is 24.0 Å². The molecule has 2 fully saturated rings. The third kappa shape index (κ3) is 7.27. The molecular weight excluding hydrogens is 510 g/mol. The molecule has 0 saturated carbocycles. The summed E-state index contributed by atoms with van der Waals surface area (Å²) in [6.45, 7) is 11.1. The zero-order valence-corrected chi connectivity index (χ0v) is 21.4. The predicted octanol–water partition coefficient (Wildman–Crippen LogP) is 3.01. The summed E-state index contributed by atoms with van der Waals surface area (Å²) in [5, 5.41) is 7.07. The SMILES string of the molecule is CN=C(NCC(C(C)C)N1CCOCC1)NCC1(c2ccc(F)cc2)CCOCC1.I. The number of hydrogen-bond acceptors (Lipinski definition) is 4. The number of guanidine groups is 1. The Hall–Kier alpha value is -0.970. The molecule has 0 aromatic heterocycles. The van der Waals surface area contributed by atoms with E-state index in [-0.39, 0.29) is 35.2 Å². The highest BCUT2D eigenvalue weighted by atomic mass is 127. The van der Waals surface area contributed by atoms with E-state index >= 15 is 0 Å². The van der Waals surface area contributed by atoms with Gasteiger partial charge in [-0.1, -0.05) is 26.0 Å². The van der Waals surface area contributed by atoms with Gasteiger partial charge in [-0.15, -0.1) is 24.0 Å². The van der Waals surface area contributed by atoms with Gasteiger partial charge in [0, 0.05) is 57.9 Å². The molecule has 1 aromatic rings. The number of halogens is 2. The molecule has 176 valence electrons. The lowest BCUT2D eigenvalue weighted by molar-refractivity contribution is 0.00750. The summed E-state index contributed by atoms with van der Waals surface area (Å²) in [6, 6.07) is 7.35. The summed E-state index contributed by atoms with van der Waals surface area (Å²) in [4.78, 5) is 6.95. The highest BCUT2D eigenvalue weighted by molar-refractivity contribution is 14.0. The molecule has 31 heavy (non-hydrogen) atoms. The van der Waals surface area contributed by atoms with Crippen molar-refractivity contribution in [3.05, 3.63) is 35.6 Å². The highest BCUT2D eigenvalue weighted by Crippen LogP contribution is 2.34. The lowest BCUT2D eigenvalue weighted by atomic mass is 9.74. The van der Waals surface area contributed by atoms with Crippen molar-refractivity contribution in [2.75, 3.05) is 59.7 Å². The number of rotatable bonds is 7. The maximum absolute atomic E-state index is 13.5. The van der Waals surface area contributed by atoms with E-state index in [9.17, 15) is 4.39 Å². The summed E-state index contributed by atoms with van der Waals surface area (Å²) < 4.78 is 24.6. The Morgan fingerprint density at radius 2 is 1.68 bits per heavy atom. The van der Waals surface area contributed by atoms with E-state index in [1.165, 1.54) is 0 Å². The quantitative estimate of drug-likeness (QED) is 0.312. The van der Waals surface area contributed by atoms with Crippen molar-refractivity contribution in [3.8, 4) is 0 Å². The lowest BCUT2D eigenvalue weighted by Crippen LogP contribution is -2.54. The van der Waals surface area contributed by atoms with Gasteiger partial charge in [-0.2, -0.15) is 0 Å². The van der Waals surface area contributed by atoms with E-state index in [0.717, 1.165) is 77.0 Å². The van der Waals surface area contributed by atoms with Crippen molar-refractivity contribution in [2.24, 2.45) is 10.9 Å². The number of morpholine rings is 1. The smallest absolute Gasteiger partial charge is 0.191 e. The summed E-state index contributed by atoms with van der Waals surface area (Å²) in [5.41, 5.74) is 1.08. The van der Waals surface area contributed by atoms with Crippen LogP contribution in [0.3, 0.4) is 0 Å². The highest BCUT2D eigenvalue weighted by Gasteiger charge is 2.35. The first-order chi connectivity index (χ1) is 14.5. The van der Waals surface area contributed by atoms with Crippen molar-refractivity contribution in [2.45, 2.75) is 38.1 Å². The second-order valence-corrected chi connectivity index (χ2v) is 8.67. The van der Waals surface area contributed by atoms with E-state index in [0.29, 0.717) is 12.0 Å². The summed E-state index contributed by atoms with van der Waals surface area (Å²) in [6.07, 6.45) is 1.82. The molecule has 0 bridgehead atoms. The van der Waals surface area contributed by atoms with E-state index in [1.807, 2.05) is 19.2 Å². The number of nitrogens with zero attached hydrogens (tertiary/aromatic N) is 2. The molecule has 1 atom stereocenters. The second-order valence-electron chi connectivity index (χ2n) is 8.67. The number of ether oxygens (including phenoxy) is 2. The third-order valence-corrected chi connectivity index (χ3v) is 6.49. The van der Waals surface area contributed by atoms with Crippen LogP contribution in [0.1, 0.15) is 32.3 Å². The van der Waals surface area contributed by atoms with Crippen molar-refractivity contribution >= 4 is 29.9 Å². The molecule has 1 unspecified atom stereocenters. The van der Waals surface area contributed by atoms with E-state index in [1.54, 1.807) is 12.1 Å². The first-order valence-corrected chi connectivity index (χ1v) is 11.1. The standard InChI is InChI=1S/C23H37FN4O2.HI/c1-18(2)21(28-10-14-30-15-11-28)16-26-22(25-3)27-17-23(8-12-29-13-9-23)19-4-6-20(24)7-5-19;/h4-7,18,21H,8-17H2,1-3H3,(H2,25,26,27);1H. The number of nitrogens with one attached hydrogen (secondary N) is 2. The van der Waals surface area contributed by atoms with Crippen molar-refractivity contribution in [3.63, 3.8) is 0 Å². The van der Waals surface area contributed by atoms with Crippen LogP contribution in [-0.2, 0) is 14.9 Å². The molecule has 2 aliphatic rings. The number of hydrogen-bond donors (Lipinski definition) is 2. The Labute approximate surface area is 203 Å². The average Bonchev–Trinajstić information content (AvgIpc) is 2.77. The maximum atomic E-state index is 13.5. The van der Waals surface area contributed by atoms with Gasteiger partial charge in [-0.05, 0) is 36.5 Å². The summed E-state index contributed by atoms with van der Waals surface area (Å²) >= 11 is 0. The zero-order valence-electron chi connectivity index (χ0n) is 19.0. The van der Waals surface area contributed by atoms with Crippen LogP contribution in [0.2, 0.25) is 0 Å². The molecule has 2 heterocycles. The molecule has 8 heteroatoms. The molecule has 0 radical (unpaired) electrons. The zero-order chi connectivity index (χ0) is 21.4. The summed E-state index contributed by atoms with van der Waals surface area (Å²) in [5.74, 6) is 1.14. The Bertz CT molecular complexity index is 675. The summed E-state index contributed by atoms with van der Waals surface area (Å²) in [7, 11) is 1.81. The topological polar surface area (TPSA) is 58.1 Å². The van der Waals surface area contributed by atoms with Crippen LogP contribution < -0.4 is 10.6 Å². The molecule has 2 aliphatic heterocycles. The molecule has 2 saturated heterocycles. The van der Waals surface area contributed by atoms with E-state index < -0.39 is 0 Å². The fourth-order valence-corrected chi connectivity index (χ4v) is 4.50. The van der Waals surface area contributed by atoms with Gasteiger partial charge in [0.05, 0.1) is 13.2 Å². The minimum Gasteiger partial charge on any atom is -0.381 e. The Morgan fingerprint density at radius 1 is 1.06 bits per heavy atom. The Morgan fingerprint density at radius 3 is 2.26 bits per heavy atom. The van der Waals surface area contributed by atoms with Crippen LogP contribution in [0.4, 0.5) is 4.39 Å². The average molecular weight is 548 g/mol. The van der Waals surface area contributed by atoms with Gasteiger partial charge in [0.1, 0.15) is 5.82 Å². The van der Waals surface area contributed by atoms with Gasteiger partial charge < -0.3 is 20.1 Å². The van der Waals surface area contributed by atoms with Crippen molar-refractivity contribution in [1.29, 1.82) is 0 Å². The first kappa shape index (κ1) is 26.3. The van der Waals surface area contributed by atoms with Gasteiger partial charge in [0.2, 0.25) is 0 Å². The van der Waals surface area contributed by atoms with Crippen LogP contribution in [-0.4, -0.2) is 76.6 Å². The van der Waals surface area contributed by atoms with Gasteiger partial charge in [0.25, 0.3) is 0 Å². The normalized spacial score (nSPS) is 20.7. The minimum absolute atomic E-state index is 0. The predicted molar refractivity (Wildman–Crippen MR) is 134 cm³/mol. The molecule has 0 amide bonds. The monoisotopic (exact) mass is 548 g/mol. The van der Waals surface area contributed by atoms with E-state index in [2.05, 4.69) is 34.4 Å². The van der Waals surface area contributed by atoms with Crippen LogP contribution in [0.25, 0.3) is 0 Å². The fraction of sp³-hybridized carbons (Fsp3) is 0.696. The molecule has 3 rings (SSSR count). The van der Waals surface area contributed by atoms with Gasteiger partial charge in [-0.25, -0.2) is 4.39 Å². The first-order valence-electron chi connectivity index (χ1n) is 11.1. The molecule has 6 nitrogen and oxygen atoms in total. The Balaban J connectivity index is 0.00000341. The van der Waals surface area contributed by atoms with Crippen LogP contribution in [0.5, 0.6) is 0 Å². The largest absolute Gasteiger partial charge is 0.381 e. The van der Waals surface area contributed by atoms with E-state index in [4.69, 9.17) is 9.47 Å². The lowest BCUT2D eigenvalue weighted by Gasteiger charge is -2.39. The van der Waals surface area contributed by atoms with Gasteiger partial charge in [-0.3, -0.25) is 9.89 Å². The molecule has 0 spiro atoms. The second kappa shape index (κ2) is 12.9. The fourth-order valence-electron chi connectivity index (χ4n) is 4.50. The maximum Gasteiger partial charge on any atom is 0.191 e. The Kier molecular flexibility index (Phi) is 10.9. The molecule has 1 aromatic carbocycles. The third-order valence-electron chi connectivity index (χ3n) is 6.49. The molecular formula is C23H38FIN4O2. The number of aliphatic imine (C=N–C) groups is 1. The molecule has 2 N–H and O–H groups in total. The van der Waals surface area contributed by atoms with Crippen molar-refractivity contribution in [1.82, 2.24) is 15.5 Å². The van der Waals surface area contributed by atoms with Crippen molar-refractivity contribution < 1.29 is 13.9 Å². The van der Waals surface area contributed by atoms with Crippen LogP contribution in [0.15, 0.2) is 29.3 Å². The molecule has 0 aliphatic carbocycles. The number of benzene rings is 1.